The van der Waals surface area contributed by atoms with Crippen LogP contribution in [0.5, 0.6) is 0 Å². The van der Waals surface area contributed by atoms with Crippen LogP contribution in [0.15, 0.2) is 91.4 Å². The van der Waals surface area contributed by atoms with Gasteiger partial charge in [-0.05, 0) is 54.6 Å². The Hall–Kier alpha value is -6.51. The zero-order valence-corrected chi connectivity index (χ0v) is 21.8. The molecule has 15 nitrogen and oxygen atoms in total. The Morgan fingerprint density at radius 2 is 0.767 bits per heavy atom. The summed E-state index contributed by atoms with van der Waals surface area (Å²) >= 11 is 0. The van der Waals surface area contributed by atoms with Crippen LogP contribution in [0, 0.1) is 0 Å². The van der Waals surface area contributed by atoms with Crippen LogP contribution in [0.3, 0.4) is 0 Å². The standard InChI is InChI=1S/C28H19N9O6/c38-25(39)22-7-1-4-16(29-22)19-10-13-35(32-19)28(36-14-11-20(33-36)17-5-2-8-23(30-17)26(40)41)37-15-12-21(34-37)18-6-3-9-24(31-18)27(42)43/h1-15,28H,(H,38,39)(H,40,41)(H,42,43). The molecule has 0 fully saturated rings. The average Bonchev–Trinajstić information content (AvgIpc) is 3.80. The van der Waals surface area contributed by atoms with Gasteiger partial charge in [0.1, 0.15) is 34.2 Å². The summed E-state index contributed by atoms with van der Waals surface area (Å²) in [4.78, 5) is 46.8. The predicted molar refractivity (Wildman–Crippen MR) is 147 cm³/mol. The van der Waals surface area contributed by atoms with E-state index in [2.05, 4.69) is 30.2 Å². The summed E-state index contributed by atoms with van der Waals surface area (Å²) in [6.45, 7) is 0. The summed E-state index contributed by atoms with van der Waals surface area (Å²) in [6.07, 6.45) is 4.07. The van der Waals surface area contributed by atoms with Crippen molar-refractivity contribution in [2.75, 3.05) is 0 Å². The minimum absolute atomic E-state index is 0.135. The fourth-order valence-corrected chi connectivity index (χ4v) is 4.26. The van der Waals surface area contributed by atoms with Gasteiger partial charge in [-0.2, -0.15) is 15.3 Å². The Morgan fingerprint density at radius 1 is 0.465 bits per heavy atom. The third-order valence-corrected chi connectivity index (χ3v) is 6.23. The zero-order chi connectivity index (χ0) is 30.1. The SMILES string of the molecule is O=C(O)c1cccc(-c2ccn(C(n3ccc(-c4cccc(C(=O)O)n4)n3)n3ccc(-c4cccc(C(=O)O)n4)n3)n2)n1. The summed E-state index contributed by atoms with van der Waals surface area (Å²) in [5, 5.41) is 41.9. The molecule has 15 heteroatoms. The largest absolute Gasteiger partial charge is 0.477 e. The molecule has 0 bridgehead atoms. The molecule has 0 spiro atoms. The van der Waals surface area contributed by atoms with E-state index in [1.165, 1.54) is 32.2 Å². The van der Waals surface area contributed by atoms with Gasteiger partial charge in [0.15, 0.2) is 0 Å². The average molecular weight is 578 g/mol. The number of carbonyl (C=O) groups is 3. The molecular formula is C28H19N9O6. The number of nitrogens with zero attached hydrogens (tertiary/aromatic N) is 9. The summed E-state index contributed by atoms with van der Waals surface area (Å²) < 4.78 is 4.58. The van der Waals surface area contributed by atoms with Crippen molar-refractivity contribution in [3.05, 3.63) is 108 Å². The van der Waals surface area contributed by atoms with E-state index in [0.29, 0.717) is 34.2 Å². The second-order valence-electron chi connectivity index (χ2n) is 9.03. The maximum absolute atomic E-state index is 11.4. The van der Waals surface area contributed by atoms with Crippen LogP contribution in [0.1, 0.15) is 37.8 Å². The lowest BCUT2D eigenvalue weighted by atomic mass is 10.2. The molecular weight excluding hydrogens is 558 g/mol. The van der Waals surface area contributed by atoms with E-state index in [4.69, 9.17) is 0 Å². The molecule has 0 radical (unpaired) electrons. The number of rotatable bonds is 9. The van der Waals surface area contributed by atoms with Crippen LogP contribution in [0.2, 0.25) is 0 Å². The second-order valence-corrected chi connectivity index (χ2v) is 9.03. The Morgan fingerprint density at radius 3 is 1.05 bits per heavy atom. The van der Waals surface area contributed by atoms with Gasteiger partial charge in [0.05, 0.1) is 17.1 Å². The number of pyridine rings is 3. The molecule has 6 aromatic heterocycles. The molecule has 212 valence electrons. The molecule has 0 saturated heterocycles. The highest BCUT2D eigenvalue weighted by atomic mass is 16.4. The van der Waals surface area contributed by atoms with Gasteiger partial charge in [0.2, 0.25) is 6.29 Å². The molecule has 43 heavy (non-hydrogen) atoms. The summed E-state index contributed by atoms with van der Waals surface area (Å²) in [7, 11) is 0. The summed E-state index contributed by atoms with van der Waals surface area (Å²) in [5.41, 5.74) is 1.77. The first-order valence-corrected chi connectivity index (χ1v) is 12.5. The van der Waals surface area contributed by atoms with E-state index in [1.54, 1.807) is 73.2 Å². The molecule has 0 unspecified atom stereocenters. The van der Waals surface area contributed by atoms with Crippen molar-refractivity contribution in [2.24, 2.45) is 0 Å². The minimum atomic E-state index is -1.17. The molecule has 0 aromatic carbocycles. The molecule has 0 amide bonds. The van der Waals surface area contributed by atoms with Gasteiger partial charge < -0.3 is 15.3 Å². The van der Waals surface area contributed by atoms with E-state index in [9.17, 15) is 29.7 Å². The number of carboxylic acids is 3. The Balaban J connectivity index is 1.43. The summed E-state index contributed by atoms with van der Waals surface area (Å²) in [6, 6.07) is 18.7. The summed E-state index contributed by atoms with van der Waals surface area (Å²) in [5.74, 6) is -3.52. The lowest BCUT2D eigenvalue weighted by Gasteiger charge is -2.19. The fourth-order valence-electron chi connectivity index (χ4n) is 4.26. The normalized spacial score (nSPS) is 11.1. The van der Waals surface area contributed by atoms with Crippen molar-refractivity contribution in [1.82, 2.24) is 44.3 Å². The van der Waals surface area contributed by atoms with E-state index in [1.807, 2.05) is 0 Å². The van der Waals surface area contributed by atoms with Crippen LogP contribution in [-0.4, -0.2) is 77.5 Å². The molecule has 6 aromatic rings. The lowest BCUT2D eigenvalue weighted by molar-refractivity contribution is 0.0680. The zero-order valence-electron chi connectivity index (χ0n) is 21.8. The number of aromatic nitrogens is 9. The maximum atomic E-state index is 11.4. The van der Waals surface area contributed by atoms with E-state index < -0.39 is 24.2 Å². The van der Waals surface area contributed by atoms with E-state index >= 15 is 0 Å². The Labute approximate surface area is 241 Å². The molecule has 0 aliphatic heterocycles. The van der Waals surface area contributed by atoms with Crippen LogP contribution < -0.4 is 0 Å². The molecule has 0 saturated carbocycles. The van der Waals surface area contributed by atoms with Crippen LogP contribution in [-0.2, 0) is 0 Å². The molecule has 6 heterocycles. The van der Waals surface area contributed by atoms with Gasteiger partial charge in [0, 0.05) is 18.6 Å². The van der Waals surface area contributed by atoms with Crippen molar-refractivity contribution >= 4 is 17.9 Å². The maximum Gasteiger partial charge on any atom is 0.354 e. The topological polar surface area (TPSA) is 204 Å². The van der Waals surface area contributed by atoms with Gasteiger partial charge in [-0.1, -0.05) is 18.2 Å². The number of aromatic carboxylic acids is 3. The first kappa shape index (κ1) is 26.7. The van der Waals surface area contributed by atoms with Gasteiger partial charge in [-0.25, -0.2) is 43.4 Å². The third-order valence-electron chi connectivity index (χ3n) is 6.23. The fraction of sp³-hybridized carbons (Fsp3) is 0.0357. The molecule has 6 rings (SSSR count). The molecule has 0 aliphatic rings. The van der Waals surface area contributed by atoms with E-state index in [-0.39, 0.29) is 17.1 Å². The van der Waals surface area contributed by atoms with Crippen LogP contribution in [0.25, 0.3) is 34.2 Å². The lowest BCUT2D eigenvalue weighted by Crippen LogP contribution is -2.27. The molecule has 3 N–H and O–H groups in total. The highest BCUT2D eigenvalue weighted by molar-refractivity contribution is 5.87. The minimum Gasteiger partial charge on any atom is -0.477 e. The Bertz CT molecular complexity index is 1780. The Kier molecular flexibility index (Phi) is 6.71. The number of hydrogen-bond acceptors (Lipinski definition) is 9. The van der Waals surface area contributed by atoms with Crippen molar-refractivity contribution in [3.8, 4) is 34.2 Å². The van der Waals surface area contributed by atoms with Crippen molar-refractivity contribution in [2.45, 2.75) is 6.29 Å². The molecule has 0 atom stereocenters. The number of hydrogen-bond donors (Lipinski definition) is 3. The molecule has 0 aliphatic carbocycles. The smallest absolute Gasteiger partial charge is 0.354 e. The van der Waals surface area contributed by atoms with Gasteiger partial charge in [0.25, 0.3) is 0 Å². The number of carboxylic acid groups (broad SMARTS) is 3. The first-order chi connectivity index (χ1) is 20.8. The third kappa shape index (κ3) is 5.32. The highest BCUT2D eigenvalue weighted by Gasteiger charge is 2.22. The van der Waals surface area contributed by atoms with Crippen LogP contribution >= 0.6 is 0 Å². The van der Waals surface area contributed by atoms with E-state index in [0.717, 1.165) is 0 Å². The van der Waals surface area contributed by atoms with Gasteiger partial charge >= 0.3 is 17.9 Å². The first-order valence-electron chi connectivity index (χ1n) is 12.5. The highest BCUT2D eigenvalue weighted by Crippen LogP contribution is 2.23. The van der Waals surface area contributed by atoms with Crippen molar-refractivity contribution in [3.63, 3.8) is 0 Å². The van der Waals surface area contributed by atoms with Crippen molar-refractivity contribution < 1.29 is 29.7 Å². The predicted octanol–water partition coefficient (Wildman–Crippen LogP) is 3.11. The van der Waals surface area contributed by atoms with Gasteiger partial charge in [-0.3, -0.25) is 0 Å². The van der Waals surface area contributed by atoms with Crippen molar-refractivity contribution in [1.29, 1.82) is 0 Å². The van der Waals surface area contributed by atoms with Gasteiger partial charge in [-0.15, -0.1) is 0 Å². The monoisotopic (exact) mass is 577 g/mol. The quantitative estimate of drug-likeness (QED) is 0.227. The van der Waals surface area contributed by atoms with Crippen LogP contribution in [0.4, 0.5) is 0 Å². The second kappa shape index (κ2) is 10.8.